The van der Waals surface area contributed by atoms with E-state index in [9.17, 15) is 4.79 Å². The van der Waals surface area contributed by atoms with Gasteiger partial charge in [0.25, 0.3) is 0 Å². The zero-order valence-electron chi connectivity index (χ0n) is 6.16. The molecule has 2 heterocycles. The summed E-state index contributed by atoms with van der Waals surface area (Å²) in [6, 6.07) is 3.88. The van der Waals surface area contributed by atoms with Gasteiger partial charge in [0.15, 0.2) is 0 Å². The van der Waals surface area contributed by atoms with Gasteiger partial charge in [-0.15, -0.1) is 0 Å². The molecule has 0 aliphatic carbocycles. The summed E-state index contributed by atoms with van der Waals surface area (Å²) in [5.74, 6) is -0.222. The minimum absolute atomic E-state index is 0.0972. The molecule has 3 nitrogen and oxygen atoms in total. The molecule has 0 spiro atoms. The molecule has 1 atom stereocenters. The summed E-state index contributed by atoms with van der Waals surface area (Å²) in [7, 11) is 0. The van der Waals surface area contributed by atoms with Crippen LogP contribution in [0.2, 0.25) is 0 Å². The molecule has 3 heteroatoms. The predicted molar refractivity (Wildman–Crippen MR) is 41.0 cm³/mol. The molecule has 1 aliphatic rings. The Balaban J connectivity index is 2.38. The molecule has 1 amide bonds. The number of primary amides is 1. The van der Waals surface area contributed by atoms with Crippen LogP contribution in [0.15, 0.2) is 18.3 Å². The molecule has 11 heavy (non-hydrogen) atoms. The standard InChI is InChI=1S/C8H10N2O/c9-8(11)7-4-3-6-2-1-5-10(6)7/h1-2,5,7H,3-4H2,(H2,9,11). The lowest BCUT2D eigenvalue weighted by Crippen LogP contribution is -2.23. The Morgan fingerprint density at radius 2 is 2.55 bits per heavy atom. The number of carbonyl (C=O) groups excluding carboxylic acids is 1. The second-order valence-corrected chi connectivity index (χ2v) is 2.86. The van der Waals surface area contributed by atoms with E-state index in [1.54, 1.807) is 0 Å². The van der Waals surface area contributed by atoms with Crippen LogP contribution in [0.3, 0.4) is 0 Å². The highest BCUT2D eigenvalue weighted by molar-refractivity contribution is 5.79. The molecule has 0 aromatic carbocycles. The highest BCUT2D eigenvalue weighted by Crippen LogP contribution is 2.25. The van der Waals surface area contributed by atoms with Crippen molar-refractivity contribution in [2.75, 3.05) is 0 Å². The van der Waals surface area contributed by atoms with Crippen LogP contribution in [0.25, 0.3) is 0 Å². The normalized spacial score (nSPS) is 21.6. The third-order valence-electron chi connectivity index (χ3n) is 2.21. The lowest BCUT2D eigenvalue weighted by molar-refractivity contribution is -0.120. The largest absolute Gasteiger partial charge is 0.368 e. The number of carbonyl (C=O) groups is 1. The van der Waals surface area contributed by atoms with E-state index in [0.29, 0.717) is 0 Å². The summed E-state index contributed by atoms with van der Waals surface area (Å²) in [5, 5.41) is 0. The monoisotopic (exact) mass is 150 g/mol. The summed E-state index contributed by atoms with van der Waals surface area (Å²) < 4.78 is 1.96. The van der Waals surface area contributed by atoms with Crippen LogP contribution >= 0.6 is 0 Å². The van der Waals surface area contributed by atoms with Crippen LogP contribution in [0.4, 0.5) is 0 Å². The highest BCUT2D eigenvalue weighted by atomic mass is 16.1. The van der Waals surface area contributed by atoms with Gasteiger partial charge in [-0.25, -0.2) is 0 Å². The summed E-state index contributed by atoms with van der Waals surface area (Å²) in [4.78, 5) is 10.9. The Kier molecular flexibility index (Phi) is 1.24. The van der Waals surface area contributed by atoms with Gasteiger partial charge < -0.3 is 10.3 Å². The van der Waals surface area contributed by atoms with Crippen molar-refractivity contribution in [2.45, 2.75) is 18.9 Å². The maximum Gasteiger partial charge on any atom is 0.240 e. The summed E-state index contributed by atoms with van der Waals surface area (Å²) in [6.07, 6.45) is 3.75. The molecule has 0 saturated carbocycles. The van der Waals surface area contributed by atoms with E-state index in [1.807, 2.05) is 22.9 Å². The number of hydrogen-bond donors (Lipinski definition) is 1. The molecule has 1 unspecified atom stereocenters. The van der Waals surface area contributed by atoms with Crippen LogP contribution in [-0.2, 0) is 11.2 Å². The van der Waals surface area contributed by atoms with Crippen molar-refractivity contribution in [3.63, 3.8) is 0 Å². The zero-order chi connectivity index (χ0) is 7.84. The van der Waals surface area contributed by atoms with Crippen LogP contribution in [-0.4, -0.2) is 10.5 Å². The fourth-order valence-electron chi connectivity index (χ4n) is 1.65. The number of hydrogen-bond acceptors (Lipinski definition) is 1. The number of nitrogens with two attached hydrogens (primary N) is 1. The number of rotatable bonds is 1. The van der Waals surface area contributed by atoms with E-state index >= 15 is 0 Å². The maximum absolute atomic E-state index is 10.9. The van der Waals surface area contributed by atoms with Crippen molar-refractivity contribution in [1.82, 2.24) is 4.57 Å². The third-order valence-corrected chi connectivity index (χ3v) is 2.21. The smallest absolute Gasteiger partial charge is 0.240 e. The van der Waals surface area contributed by atoms with E-state index in [0.717, 1.165) is 12.8 Å². The Morgan fingerprint density at radius 3 is 3.27 bits per heavy atom. The zero-order valence-corrected chi connectivity index (χ0v) is 6.16. The number of aryl methyl sites for hydroxylation is 1. The first-order chi connectivity index (χ1) is 5.29. The van der Waals surface area contributed by atoms with E-state index in [-0.39, 0.29) is 11.9 Å². The lowest BCUT2D eigenvalue weighted by atomic mass is 10.2. The van der Waals surface area contributed by atoms with Gasteiger partial charge in [0.2, 0.25) is 5.91 Å². The maximum atomic E-state index is 10.9. The molecule has 0 fully saturated rings. The second kappa shape index (κ2) is 2.12. The average molecular weight is 150 g/mol. The number of amides is 1. The van der Waals surface area contributed by atoms with E-state index < -0.39 is 0 Å². The third kappa shape index (κ3) is 0.843. The summed E-state index contributed by atoms with van der Waals surface area (Å²) >= 11 is 0. The highest BCUT2D eigenvalue weighted by Gasteiger charge is 2.24. The van der Waals surface area contributed by atoms with E-state index in [1.165, 1.54) is 5.69 Å². The van der Waals surface area contributed by atoms with E-state index in [2.05, 4.69) is 0 Å². The van der Waals surface area contributed by atoms with Crippen LogP contribution < -0.4 is 5.73 Å². The number of nitrogens with zero attached hydrogens (tertiary/aromatic N) is 1. The molecule has 1 aromatic rings. The van der Waals surface area contributed by atoms with Crippen molar-refractivity contribution in [3.05, 3.63) is 24.0 Å². The molecule has 0 radical (unpaired) electrons. The van der Waals surface area contributed by atoms with Crippen LogP contribution in [0.5, 0.6) is 0 Å². The average Bonchev–Trinajstić information content (AvgIpc) is 2.41. The molecular weight excluding hydrogens is 140 g/mol. The first kappa shape index (κ1) is 6.46. The van der Waals surface area contributed by atoms with Crippen molar-refractivity contribution in [1.29, 1.82) is 0 Å². The lowest BCUT2D eigenvalue weighted by Gasteiger charge is -2.07. The van der Waals surface area contributed by atoms with Gasteiger partial charge in [-0.3, -0.25) is 4.79 Å². The Hall–Kier alpha value is -1.25. The number of fused-ring (bicyclic) bond motifs is 1. The first-order valence-corrected chi connectivity index (χ1v) is 3.74. The van der Waals surface area contributed by atoms with Crippen LogP contribution in [0, 0.1) is 0 Å². The number of aromatic nitrogens is 1. The second-order valence-electron chi connectivity index (χ2n) is 2.86. The molecule has 0 saturated heterocycles. The minimum atomic E-state index is -0.222. The molecule has 2 N–H and O–H groups in total. The van der Waals surface area contributed by atoms with Gasteiger partial charge >= 0.3 is 0 Å². The molecule has 1 aliphatic heterocycles. The Morgan fingerprint density at radius 1 is 1.73 bits per heavy atom. The van der Waals surface area contributed by atoms with Gasteiger partial charge in [-0.1, -0.05) is 0 Å². The quantitative estimate of drug-likeness (QED) is 0.621. The fraction of sp³-hybridized carbons (Fsp3) is 0.375. The fourth-order valence-corrected chi connectivity index (χ4v) is 1.65. The molecule has 2 rings (SSSR count). The summed E-state index contributed by atoms with van der Waals surface area (Å²) in [6.45, 7) is 0. The van der Waals surface area contributed by atoms with Gasteiger partial charge in [-0.05, 0) is 25.0 Å². The van der Waals surface area contributed by atoms with Crippen molar-refractivity contribution >= 4 is 5.91 Å². The Labute approximate surface area is 64.8 Å². The van der Waals surface area contributed by atoms with Gasteiger partial charge in [-0.2, -0.15) is 0 Å². The minimum Gasteiger partial charge on any atom is -0.368 e. The predicted octanol–water partition coefficient (Wildman–Crippen LogP) is 0.461. The first-order valence-electron chi connectivity index (χ1n) is 3.74. The van der Waals surface area contributed by atoms with E-state index in [4.69, 9.17) is 5.73 Å². The SMILES string of the molecule is NC(=O)C1CCc2cccn21. The Bertz CT molecular complexity index is 290. The van der Waals surface area contributed by atoms with Crippen molar-refractivity contribution < 1.29 is 4.79 Å². The van der Waals surface area contributed by atoms with Gasteiger partial charge in [0.1, 0.15) is 6.04 Å². The molecule has 0 bridgehead atoms. The molecule has 1 aromatic heterocycles. The topological polar surface area (TPSA) is 48.0 Å². The van der Waals surface area contributed by atoms with Crippen LogP contribution in [0.1, 0.15) is 18.2 Å². The van der Waals surface area contributed by atoms with Gasteiger partial charge in [0.05, 0.1) is 0 Å². The molecular formula is C8H10N2O. The van der Waals surface area contributed by atoms with Crippen molar-refractivity contribution in [3.8, 4) is 0 Å². The van der Waals surface area contributed by atoms with Crippen molar-refractivity contribution in [2.24, 2.45) is 5.73 Å². The summed E-state index contributed by atoms with van der Waals surface area (Å²) in [5.41, 5.74) is 6.43. The molecule has 58 valence electrons. The van der Waals surface area contributed by atoms with Gasteiger partial charge in [0, 0.05) is 11.9 Å².